The third-order valence-corrected chi connectivity index (χ3v) is 6.14. The zero-order chi connectivity index (χ0) is 23.8. The maximum absolute atomic E-state index is 12.8. The van der Waals surface area contributed by atoms with E-state index in [0.717, 1.165) is 29.8 Å². The number of halogens is 1. The van der Waals surface area contributed by atoms with Crippen molar-refractivity contribution in [2.24, 2.45) is 0 Å². The summed E-state index contributed by atoms with van der Waals surface area (Å²) in [6, 6.07) is 10.5. The Morgan fingerprint density at radius 1 is 1.18 bits per heavy atom. The van der Waals surface area contributed by atoms with Crippen LogP contribution in [0.5, 0.6) is 5.75 Å². The van der Waals surface area contributed by atoms with E-state index in [4.69, 9.17) is 22.4 Å². The van der Waals surface area contributed by atoms with Crippen molar-refractivity contribution in [1.82, 2.24) is 24.4 Å². The van der Waals surface area contributed by atoms with Gasteiger partial charge in [-0.3, -0.25) is 4.90 Å². The molecule has 0 unspecified atom stereocenters. The zero-order valence-corrected chi connectivity index (χ0v) is 18.8. The van der Waals surface area contributed by atoms with E-state index in [1.165, 1.54) is 23.4 Å². The number of anilines is 3. The molecular weight excluding hydrogens is 458 g/mol. The third-order valence-electron chi connectivity index (χ3n) is 5.84. The van der Waals surface area contributed by atoms with Crippen molar-refractivity contribution < 1.29 is 10.2 Å². The van der Waals surface area contributed by atoms with Gasteiger partial charge in [-0.05, 0) is 41.8 Å². The van der Waals surface area contributed by atoms with Crippen molar-refractivity contribution in [2.45, 2.75) is 13.0 Å². The number of nitrogens with two attached hydrogens (primary N) is 1. The topological polar surface area (TPSA) is 142 Å². The van der Waals surface area contributed by atoms with Crippen molar-refractivity contribution >= 4 is 40.1 Å². The third kappa shape index (κ3) is 4.03. The number of aliphatic hydroxyl groups excluding tert-OH is 1. The summed E-state index contributed by atoms with van der Waals surface area (Å²) in [6.07, 6.45) is 2.36. The molecule has 0 bridgehead atoms. The highest BCUT2D eigenvalue weighted by Gasteiger charge is 2.19. The summed E-state index contributed by atoms with van der Waals surface area (Å²) >= 11 is 6.19. The highest BCUT2D eigenvalue weighted by molar-refractivity contribution is 6.32. The van der Waals surface area contributed by atoms with Gasteiger partial charge in [-0.15, -0.1) is 0 Å². The number of β-amino-alcohol motifs (C(OH)–C–C–N with tert-alkyl or cyclic N) is 1. The molecule has 174 valence electrons. The summed E-state index contributed by atoms with van der Waals surface area (Å²) in [5.41, 5.74) is 8.95. The van der Waals surface area contributed by atoms with Gasteiger partial charge in [0.05, 0.1) is 17.0 Å². The van der Waals surface area contributed by atoms with Crippen LogP contribution in [0, 0.1) is 0 Å². The van der Waals surface area contributed by atoms with Gasteiger partial charge < -0.3 is 21.3 Å². The number of aliphatic hydroxyl groups is 1. The molecule has 11 heteroatoms. The van der Waals surface area contributed by atoms with Crippen molar-refractivity contribution in [1.29, 1.82) is 0 Å². The number of benzene rings is 2. The van der Waals surface area contributed by atoms with Gasteiger partial charge in [-0.2, -0.15) is 9.97 Å². The molecule has 2 aromatic carbocycles. The number of aromatic nitrogens is 4. The van der Waals surface area contributed by atoms with Gasteiger partial charge in [0.25, 0.3) is 0 Å². The van der Waals surface area contributed by atoms with E-state index in [0.29, 0.717) is 11.9 Å². The minimum atomic E-state index is -0.723. The summed E-state index contributed by atoms with van der Waals surface area (Å²) in [6.45, 7) is 2.51. The van der Waals surface area contributed by atoms with Gasteiger partial charge in [0.15, 0.2) is 5.65 Å². The van der Waals surface area contributed by atoms with Crippen molar-refractivity contribution in [2.75, 3.05) is 30.7 Å². The van der Waals surface area contributed by atoms with E-state index in [1.54, 1.807) is 12.1 Å². The van der Waals surface area contributed by atoms with Crippen LogP contribution in [0.15, 0.2) is 47.4 Å². The molecule has 2 aromatic heterocycles. The molecule has 1 aliphatic rings. The predicted molar refractivity (Wildman–Crippen MR) is 130 cm³/mol. The first kappa shape index (κ1) is 22.1. The second kappa shape index (κ2) is 8.90. The fourth-order valence-corrected chi connectivity index (χ4v) is 4.41. The van der Waals surface area contributed by atoms with Crippen LogP contribution in [-0.4, -0.2) is 54.3 Å². The van der Waals surface area contributed by atoms with Gasteiger partial charge in [0.2, 0.25) is 5.95 Å². The van der Waals surface area contributed by atoms with E-state index < -0.39 is 5.69 Å². The summed E-state index contributed by atoms with van der Waals surface area (Å²) in [4.78, 5) is 27.7. The average Bonchev–Trinajstić information content (AvgIpc) is 2.81. The Balaban J connectivity index is 1.46. The lowest BCUT2D eigenvalue weighted by Gasteiger charge is -2.28. The summed E-state index contributed by atoms with van der Waals surface area (Å²) < 4.78 is 1.04. The van der Waals surface area contributed by atoms with E-state index in [9.17, 15) is 9.90 Å². The Kier molecular flexibility index (Phi) is 5.78. The molecule has 0 amide bonds. The van der Waals surface area contributed by atoms with E-state index in [-0.39, 0.29) is 40.5 Å². The molecule has 10 nitrogen and oxygen atoms in total. The fourth-order valence-electron chi connectivity index (χ4n) is 4.16. The summed E-state index contributed by atoms with van der Waals surface area (Å²) in [5, 5.41) is 23.0. The Bertz CT molecular complexity index is 1440. The average molecular weight is 480 g/mol. The number of aromatic hydroxyl groups is 1. The maximum atomic E-state index is 12.8. The number of phenolic OH excluding ortho intramolecular Hbond substituents is 1. The monoisotopic (exact) mass is 479 g/mol. The molecule has 1 aliphatic heterocycles. The Morgan fingerprint density at radius 3 is 2.82 bits per heavy atom. The minimum absolute atomic E-state index is 0.0196. The normalized spacial score (nSPS) is 13.7. The summed E-state index contributed by atoms with van der Waals surface area (Å²) in [5.74, 6) is 0.0921. The van der Waals surface area contributed by atoms with Gasteiger partial charge >= 0.3 is 5.69 Å². The van der Waals surface area contributed by atoms with Gasteiger partial charge in [0, 0.05) is 31.5 Å². The number of nitrogen functional groups attached to an aromatic ring is 1. The van der Waals surface area contributed by atoms with Gasteiger partial charge in [-0.25, -0.2) is 14.3 Å². The van der Waals surface area contributed by atoms with Crippen LogP contribution in [0.2, 0.25) is 5.02 Å². The van der Waals surface area contributed by atoms with Crippen LogP contribution < -0.4 is 16.7 Å². The number of fused-ring (bicyclic) bond motifs is 2. The molecule has 0 spiro atoms. The highest BCUT2D eigenvalue weighted by Crippen LogP contribution is 2.31. The van der Waals surface area contributed by atoms with Gasteiger partial charge in [-0.1, -0.05) is 23.7 Å². The molecule has 34 heavy (non-hydrogen) atoms. The molecule has 4 aromatic rings. The van der Waals surface area contributed by atoms with E-state index in [2.05, 4.69) is 31.2 Å². The molecular formula is C23H22ClN7O3. The fraction of sp³-hybridized carbons (Fsp3) is 0.217. The SMILES string of the molecule is Nc1c2cnc(Nc3ccc4c(c3)CCN(CCO)C4)nc2nc(=O)n1-c1c(O)cccc1Cl. The van der Waals surface area contributed by atoms with Gasteiger partial charge in [0.1, 0.15) is 17.3 Å². The lowest BCUT2D eigenvalue weighted by Crippen LogP contribution is -2.32. The van der Waals surface area contributed by atoms with E-state index in [1.807, 2.05) is 12.1 Å². The molecule has 0 radical (unpaired) electrons. The zero-order valence-electron chi connectivity index (χ0n) is 18.1. The standard InChI is InChI=1S/C23H22ClN7O3/c24-17-2-1-3-18(33)19(17)31-20(25)16-11-26-22(28-21(16)29-23(31)34)27-15-5-4-14-12-30(8-9-32)7-6-13(14)10-15/h1-5,10-11,32-33H,6-9,12,25H2,(H,27,28,29,34). The molecule has 5 rings (SSSR count). The molecule has 0 saturated heterocycles. The molecule has 3 heterocycles. The second-order valence-corrected chi connectivity index (χ2v) is 8.42. The second-order valence-electron chi connectivity index (χ2n) is 8.01. The number of phenols is 1. The quantitative estimate of drug-likeness (QED) is 0.338. The maximum Gasteiger partial charge on any atom is 0.356 e. The first-order chi connectivity index (χ1) is 16.4. The highest BCUT2D eigenvalue weighted by atomic mass is 35.5. The van der Waals surface area contributed by atoms with Crippen molar-refractivity contribution in [3.63, 3.8) is 0 Å². The molecule has 0 saturated carbocycles. The number of para-hydroxylation sites is 1. The molecule has 0 atom stereocenters. The van der Waals surface area contributed by atoms with Crippen LogP contribution in [0.1, 0.15) is 11.1 Å². The van der Waals surface area contributed by atoms with Crippen LogP contribution in [-0.2, 0) is 13.0 Å². The van der Waals surface area contributed by atoms with Crippen LogP contribution >= 0.6 is 11.6 Å². The predicted octanol–water partition coefficient (Wildman–Crippen LogP) is 2.21. The number of hydrogen-bond donors (Lipinski definition) is 4. The molecule has 0 aliphatic carbocycles. The molecule has 0 fully saturated rings. The number of nitrogens with one attached hydrogen (secondary N) is 1. The van der Waals surface area contributed by atoms with Crippen molar-refractivity contribution in [3.05, 3.63) is 69.2 Å². The number of hydrogen-bond acceptors (Lipinski definition) is 9. The Hall–Kier alpha value is -3.73. The summed E-state index contributed by atoms with van der Waals surface area (Å²) in [7, 11) is 0. The Labute approximate surface area is 199 Å². The molecule has 5 N–H and O–H groups in total. The number of nitrogens with zero attached hydrogens (tertiary/aromatic N) is 5. The minimum Gasteiger partial charge on any atom is -0.506 e. The lowest BCUT2D eigenvalue weighted by molar-refractivity contribution is 0.184. The van der Waals surface area contributed by atoms with Crippen LogP contribution in [0.3, 0.4) is 0 Å². The van der Waals surface area contributed by atoms with Crippen LogP contribution in [0.4, 0.5) is 17.5 Å². The smallest absolute Gasteiger partial charge is 0.356 e. The first-order valence-corrected chi connectivity index (χ1v) is 11.1. The van der Waals surface area contributed by atoms with E-state index >= 15 is 0 Å². The van der Waals surface area contributed by atoms with Crippen LogP contribution in [0.25, 0.3) is 16.7 Å². The largest absolute Gasteiger partial charge is 0.506 e. The first-order valence-electron chi connectivity index (χ1n) is 10.7. The Morgan fingerprint density at radius 2 is 2.03 bits per heavy atom. The van der Waals surface area contributed by atoms with Crippen molar-refractivity contribution in [3.8, 4) is 11.4 Å². The lowest BCUT2D eigenvalue weighted by atomic mass is 9.99. The number of rotatable bonds is 5.